The molecule has 0 atom stereocenters. The third kappa shape index (κ3) is 5.18. The van der Waals surface area contributed by atoms with Gasteiger partial charge in [-0.1, -0.05) is 15.9 Å². The molecule has 5 heteroatoms. The van der Waals surface area contributed by atoms with Gasteiger partial charge in [-0.05, 0) is 30.7 Å². The van der Waals surface area contributed by atoms with Gasteiger partial charge in [-0.25, -0.2) is 8.42 Å². The minimum Gasteiger partial charge on any atom is -0.384 e. The van der Waals surface area contributed by atoms with Crippen LogP contribution in [0.25, 0.3) is 0 Å². The third-order valence-corrected chi connectivity index (χ3v) is 3.25. The van der Waals surface area contributed by atoms with Crippen molar-refractivity contribution >= 4 is 31.5 Å². The molecular weight excluding hydrogens is 278 g/mol. The molecule has 0 amide bonds. The molecular formula is C10H14BrNO2S. The first kappa shape index (κ1) is 12.5. The normalized spacial score (nSPS) is 11.4. The Kier molecular flexibility index (Phi) is 4.16. The summed E-state index contributed by atoms with van der Waals surface area (Å²) >= 11 is 3.39. The predicted octanol–water partition coefficient (Wildman–Crippen LogP) is 2.21. The SMILES string of the molecule is Cc1cc(Br)cc(NCCS(C)(=O)=O)c1. The van der Waals surface area contributed by atoms with Gasteiger partial charge in [-0.3, -0.25) is 0 Å². The summed E-state index contributed by atoms with van der Waals surface area (Å²) in [7, 11) is -2.89. The van der Waals surface area contributed by atoms with Gasteiger partial charge in [0.2, 0.25) is 0 Å². The van der Waals surface area contributed by atoms with Gasteiger partial charge in [0.15, 0.2) is 0 Å². The largest absolute Gasteiger partial charge is 0.384 e. The first-order chi connectivity index (χ1) is 6.87. The van der Waals surface area contributed by atoms with Crippen LogP contribution in [0.2, 0.25) is 0 Å². The minimum absolute atomic E-state index is 0.151. The highest BCUT2D eigenvalue weighted by atomic mass is 79.9. The number of halogens is 1. The van der Waals surface area contributed by atoms with Crippen LogP contribution in [-0.4, -0.2) is 27.0 Å². The Morgan fingerprint density at radius 3 is 2.53 bits per heavy atom. The van der Waals surface area contributed by atoms with Gasteiger partial charge in [0.05, 0.1) is 5.75 Å². The molecule has 0 aromatic heterocycles. The van der Waals surface area contributed by atoms with Crippen molar-refractivity contribution in [3.63, 3.8) is 0 Å². The monoisotopic (exact) mass is 291 g/mol. The fraction of sp³-hybridized carbons (Fsp3) is 0.400. The zero-order valence-corrected chi connectivity index (χ0v) is 11.2. The molecule has 0 saturated heterocycles. The Bertz CT molecular complexity index is 422. The second kappa shape index (κ2) is 4.99. The quantitative estimate of drug-likeness (QED) is 0.925. The zero-order valence-electron chi connectivity index (χ0n) is 8.75. The molecule has 84 valence electrons. The lowest BCUT2D eigenvalue weighted by atomic mass is 10.2. The lowest BCUT2D eigenvalue weighted by Crippen LogP contribution is -2.14. The number of hydrogen-bond donors (Lipinski definition) is 1. The Morgan fingerprint density at radius 2 is 2.00 bits per heavy atom. The molecule has 1 rings (SSSR count). The molecule has 1 N–H and O–H groups in total. The fourth-order valence-corrected chi connectivity index (χ4v) is 2.30. The van der Waals surface area contributed by atoms with Gasteiger partial charge in [-0.15, -0.1) is 0 Å². The Morgan fingerprint density at radius 1 is 1.33 bits per heavy atom. The smallest absolute Gasteiger partial charge is 0.149 e. The highest BCUT2D eigenvalue weighted by Gasteiger charge is 2.01. The number of hydrogen-bond acceptors (Lipinski definition) is 3. The number of anilines is 1. The number of nitrogens with one attached hydrogen (secondary N) is 1. The second-order valence-corrected chi connectivity index (χ2v) is 6.75. The molecule has 3 nitrogen and oxygen atoms in total. The van der Waals surface area contributed by atoms with E-state index in [0.717, 1.165) is 15.7 Å². The van der Waals surface area contributed by atoms with Crippen LogP contribution >= 0.6 is 15.9 Å². The molecule has 0 unspecified atom stereocenters. The van der Waals surface area contributed by atoms with Crippen LogP contribution < -0.4 is 5.32 Å². The van der Waals surface area contributed by atoms with Gasteiger partial charge < -0.3 is 5.32 Å². The standard InChI is InChI=1S/C10H14BrNO2S/c1-8-5-9(11)7-10(6-8)12-3-4-15(2,13)14/h5-7,12H,3-4H2,1-2H3. The van der Waals surface area contributed by atoms with Crippen molar-refractivity contribution in [1.82, 2.24) is 0 Å². The van der Waals surface area contributed by atoms with E-state index in [1.54, 1.807) is 0 Å². The second-order valence-electron chi connectivity index (χ2n) is 3.57. The van der Waals surface area contributed by atoms with Crippen molar-refractivity contribution in [3.05, 3.63) is 28.2 Å². The third-order valence-electron chi connectivity index (χ3n) is 1.84. The van der Waals surface area contributed by atoms with E-state index in [0.29, 0.717) is 6.54 Å². The molecule has 0 heterocycles. The van der Waals surface area contributed by atoms with Crippen molar-refractivity contribution in [3.8, 4) is 0 Å². The average molecular weight is 292 g/mol. The van der Waals surface area contributed by atoms with Crippen LogP contribution in [0, 0.1) is 6.92 Å². The maximum Gasteiger partial charge on any atom is 0.149 e. The predicted molar refractivity (Wildman–Crippen MR) is 67.1 cm³/mol. The lowest BCUT2D eigenvalue weighted by molar-refractivity contribution is 0.602. The highest BCUT2D eigenvalue weighted by molar-refractivity contribution is 9.10. The van der Waals surface area contributed by atoms with Gasteiger partial charge in [0, 0.05) is 23.0 Å². The Balaban J connectivity index is 2.58. The number of aryl methyl sites for hydroxylation is 1. The fourth-order valence-electron chi connectivity index (χ4n) is 1.22. The topological polar surface area (TPSA) is 46.2 Å². The summed E-state index contributed by atoms with van der Waals surface area (Å²) in [4.78, 5) is 0. The summed E-state index contributed by atoms with van der Waals surface area (Å²) in [6, 6.07) is 5.91. The van der Waals surface area contributed by atoms with E-state index in [1.165, 1.54) is 6.26 Å². The maximum absolute atomic E-state index is 10.9. The highest BCUT2D eigenvalue weighted by Crippen LogP contribution is 2.18. The van der Waals surface area contributed by atoms with Crippen LogP contribution in [0.5, 0.6) is 0 Å². The number of benzene rings is 1. The van der Waals surface area contributed by atoms with E-state index >= 15 is 0 Å². The molecule has 0 radical (unpaired) electrons. The number of rotatable bonds is 4. The van der Waals surface area contributed by atoms with E-state index in [9.17, 15) is 8.42 Å². The molecule has 0 aliphatic rings. The average Bonchev–Trinajstić information content (AvgIpc) is 1.99. The van der Waals surface area contributed by atoms with E-state index in [2.05, 4.69) is 21.2 Å². The molecule has 15 heavy (non-hydrogen) atoms. The van der Waals surface area contributed by atoms with Crippen LogP contribution in [0.1, 0.15) is 5.56 Å². The molecule has 0 aliphatic heterocycles. The van der Waals surface area contributed by atoms with E-state index in [4.69, 9.17) is 0 Å². The molecule has 0 aliphatic carbocycles. The van der Waals surface area contributed by atoms with Crippen molar-refractivity contribution < 1.29 is 8.42 Å². The first-order valence-electron chi connectivity index (χ1n) is 4.55. The van der Waals surface area contributed by atoms with Crippen molar-refractivity contribution in [1.29, 1.82) is 0 Å². The van der Waals surface area contributed by atoms with E-state index < -0.39 is 9.84 Å². The summed E-state index contributed by atoms with van der Waals surface area (Å²) in [5.74, 6) is 0.151. The van der Waals surface area contributed by atoms with Crippen molar-refractivity contribution in [2.24, 2.45) is 0 Å². The molecule has 0 fully saturated rings. The molecule has 1 aromatic carbocycles. The first-order valence-corrected chi connectivity index (χ1v) is 7.41. The summed E-state index contributed by atoms with van der Waals surface area (Å²) in [5.41, 5.74) is 2.07. The zero-order chi connectivity index (χ0) is 11.5. The number of sulfone groups is 1. The van der Waals surface area contributed by atoms with Gasteiger partial charge >= 0.3 is 0 Å². The minimum atomic E-state index is -2.89. The molecule has 0 spiro atoms. The van der Waals surface area contributed by atoms with Crippen LogP contribution in [0.3, 0.4) is 0 Å². The van der Waals surface area contributed by atoms with Crippen LogP contribution in [0.4, 0.5) is 5.69 Å². The lowest BCUT2D eigenvalue weighted by Gasteiger charge is -2.07. The summed E-state index contributed by atoms with van der Waals surface area (Å²) in [6.07, 6.45) is 1.24. The van der Waals surface area contributed by atoms with Gasteiger partial charge in [0.25, 0.3) is 0 Å². The van der Waals surface area contributed by atoms with Gasteiger partial charge in [-0.2, -0.15) is 0 Å². The van der Waals surface area contributed by atoms with Crippen molar-refractivity contribution in [2.45, 2.75) is 6.92 Å². The Hall–Kier alpha value is -0.550. The summed E-state index contributed by atoms with van der Waals surface area (Å²) in [6.45, 7) is 2.43. The van der Waals surface area contributed by atoms with Crippen LogP contribution in [-0.2, 0) is 9.84 Å². The van der Waals surface area contributed by atoms with Crippen molar-refractivity contribution in [2.75, 3.05) is 23.9 Å². The van der Waals surface area contributed by atoms with Crippen LogP contribution in [0.15, 0.2) is 22.7 Å². The van der Waals surface area contributed by atoms with E-state index in [-0.39, 0.29) is 5.75 Å². The summed E-state index contributed by atoms with van der Waals surface area (Å²) < 4.78 is 22.8. The molecule has 0 saturated carbocycles. The molecule has 0 bridgehead atoms. The molecule has 1 aromatic rings. The summed E-state index contributed by atoms with van der Waals surface area (Å²) in [5, 5.41) is 3.07. The van der Waals surface area contributed by atoms with E-state index in [1.807, 2.05) is 25.1 Å². The maximum atomic E-state index is 10.9. The van der Waals surface area contributed by atoms with Gasteiger partial charge in [0.1, 0.15) is 9.84 Å². The Labute approximate surface area is 98.9 Å².